The quantitative estimate of drug-likeness (QED) is 0.283. The number of benzene rings is 3. The third-order valence-electron chi connectivity index (χ3n) is 7.62. The van der Waals surface area contributed by atoms with Crippen molar-refractivity contribution in [2.75, 3.05) is 33.5 Å². The van der Waals surface area contributed by atoms with E-state index in [0.29, 0.717) is 18.9 Å². The monoisotopic (exact) mass is 537 g/mol. The summed E-state index contributed by atoms with van der Waals surface area (Å²) in [5, 5.41) is 1.17. The van der Waals surface area contributed by atoms with E-state index in [9.17, 15) is 4.79 Å². The first-order valence-electron chi connectivity index (χ1n) is 14.0. The van der Waals surface area contributed by atoms with Crippen molar-refractivity contribution in [1.82, 2.24) is 14.8 Å². The van der Waals surface area contributed by atoms with Gasteiger partial charge in [-0.1, -0.05) is 30.3 Å². The molecule has 1 unspecified atom stereocenters. The van der Waals surface area contributed by atoms with Crippen LogP contribution in [0.15, 0.2) is 79.0 Å². The van der Waals surface area contributed by atoms with E-state index >= 15 is 0 Å². The number of hydrogen-bond acceptors (Lipinski definition) is 6. The van der Waals surface area contributed by atoms with Crippen molar-refractivity contribution in [2.24, 2.45) is 5.92 Å². The second kappa shape index (κ2) is 12.0. The summed E-state index contributed by atoms with van der Waals surface area (Å²) in [6.45, 7) is 4.06. The molecule has 2 aliphatic heterocycles. The zero-order valence-corrected chi connectivity index (χ0v) is 22.9. The van der Waals surface area contributed by atoms with Crippen LogP contribution in [-0.2, 0) is 24.3 Å². The van der Waals surface area contributed by atoms with Crippen LogP contribution < -0.4 is 14.2 Å². The molecule has 6 rings (SSSR count). The van der Waals surface area contributed by atoms with Gasteiger partial charge in [0.15, 0.2) is 11.5 Å². The summed E-state index contributed by atoms with van der Waals surface area (Å²) in [7, 11) is 2.14. The van der Waals surface area contributed by atoms with Crippen molar-refractivity contribution >= 4 is 16.8 Å². The van der Waals surface area contributed by atoms with Gasteiger partial charge >= 0.3 is 0 Å². The maximum absolute atomic E-state index is 13.0. The van der Waals surface area contributed by atoms with Crippen molar-refractivity contribution in [3.63, 3.8) is 0 Å². The lowest BCUT2D eigenvalue weighted by Crippen LogP contribution is -2.42. The molecule has 2 aliphatic rings. The molecule has 40 heavy (non-hydrogen) atoms. The molecule has 0 saturated carbocycles. The fraction of sp³-hybridized carbons (Fsp3) is 0.333. The summed E-state index contributed by atoms with van der Waals surface area (Å²) in [6.07, 6.45) is 4.26. The number of amides is 1. The average Bonchev–Trinajstić information content (AvgIpc) is 3.44. The minimum Gasteiger partial charge on any atom is -0.493 e. The molecular formula is C33H35N3O4. The first kappa shape index (κ1) is 26.1. The van der Waals surface area contributed by atoms with E-state index < -0.39 is 0 Å². The van der Waals surface area contributed by atoms with Crippen LogP contribution in [-0.4, -0.2) is 54.2 Å². The Balaban J connectivity index is 0.993. The second-order valence-electron chi connectivity index (χ2n) is 10.9. The molecule has 1 fully saturated rings. The van der Waals surface area contributed by atoms with Gasteiger partial charge < -0.3 is 19.1 Å². The van der Waals surface area contributed by atoms with E-state index in [1.165, 1.54) is 16.5 Å². The smallest absolute Gasteiger partial charge is 0.231 e. The molecule has 0 radical (unpaired) electrons. The highest BCUT2D eigenvalue weighted by molar-refractivity contribution is 5.79. The number of pyridine rings is 1. The lowest BCUT2D eigenvalue weighted by atomic mass is 9.98. The standard InChI is InChI=1S/C33H35N3O4/c1-35(20-26-9-11-30-28(15-26)7-3-13-34-30)19-25-5-2-8-29(16-25)38-22-27-6-4-14-36(21-27)33(37)18-24-10-12-31-32(17-24)40-23-39-31/h2-3,5,7-13,15-17,27H,4,6,14,18-23H2,1H3. The first-order valence-corrected chi connectivity index (χ1v) is 14.0. The molecule has 0 N–H and O–H groups in total. The van der Waals surface area contributed by atoms with E-state index in [2.05, 4.69) is 59.4 Å². The van der Waals surface area contributed by atoms with Gasteiger partial charge in [0, 0.05) is 43.7 Å². The third kappa shape index (κ3) is 6.37. The van der Waals surface area contributed by atoms with Gasteiger partial charge in [0.25, 0.3) is 0 Å². The Morgan fingerprint density at radius 2 is 1.82 bits per heavy atom. The maximum Gasteiger partial charge on any atom is 0.231 e. The highest BCUT2D eigenvalue weighted by atomic mass is 16.7. The fourth-order valence-electron chi connectivity index (χ4n) is 5.62. The molecule has 7 nitrogen and oxygen atoms in total. The normalized spacial score (nSPS) is 16.4. The summed E-state index contributed by atoms with van der Waals surface area (Å²) in [4.78, 5) is 21.7. The average molecular weight is 538 g/mol. The van der Waals surface area contributed by atoms with Gasteiger partial charge in [-0.25, -0.2) is 0 Å². The second-order valence-corrected chi connectivity index (χ2v) is 10.9. The largest absolute Gasteiger partial charge is 0.493 e. The summed E-state index contributed by atoms with van der Waals surface area (Å²) in [5.41, 5.74) is 4.46. The maximum atomic E-state index is 13.0. The number of carbonyl (C=O) groups is 1. The Labute approximate surface area is 235 Å². The highest BCUT2D eigenvalue weighted by Gasteiger charge is 2.25. The Kier molecular flexibility index (Phi) is 7.82. The summed E-state index contributed by atoms with van der Waals surface area (Å²) in [6, 6.07) is 24.6. The molecule has 1 aromatic heterocycles. The summed E-state index contributed by atoms with van der Waals surface area (Å²) in [5.74, 6) is 2.81. The Morgan fingerprint density at radius 3 is 2.75 bits per heavy atom. The van der Waals surface area contributed by atoms with Crippen LogP contribution >= 0.6 is 0 Å². The van der Waals surface area contributed by atoms with Gasteiger partial charge in [-0.15, -0.1) is 0 Å². The van der Waals surface area contributed by atoms with Crippen LogP contribution in [0.5, 0.6) is 17.2 Å². The Morgan fingerprint density at radius 1 is 0.975 bits per heavy atom. The number of carbonyl (C=O) groups excluding carboxylic acids is 1. The third-order valence-corrected chi connectivity index (χ3v) is 7.62. The molecular weight excluding hydrogens is 502 g/mol. The van der Waals surface area contributed by atoms with Crippen LogP contribution in [0.4, 0.5) is 0 Å². The first-order chi connectivity index (χ1) is 19.6. The van der Waals surface area contributed by atoms with Crippen molar-refractivity contribution in [2.45, 2.75) is 32.4 Å². The minimum atomic E-state index is 0.149. The molecule has 4 aromatic rings. The molecule has 1 saturated heterocycles. The van der Waals surface area contributed by atoms with Crippen LogP contribution in [0.1, 0.15) is 29.5 Å². The molecule has 0 aliphatic carbocycles. The van der Waals surface area contributed by atoms with Crippen LogP contribution in [0.3, 0.4) is 0 Å². The number of likely N-dealkylation sites (tertiary alicyclic amines) is 1. The zero-order valence-electron chi connectivity index (χ0n) is 22.9. The van der Waals surface area contributed by atoms with Gasteiger partial charge in [0.2, 0.25) is 12.7 Å². The number of rotatable bonds is 9. The predicted molar refractivity (Wildman–Crippen MR) is 154 cm³/mol. The highest BCUT2D eigenvalue weighted by Crippen LogP contribution is 2.33. The number of nitrogens with zero attached hydrogens (tertiary/aromatic N) is 3. The lowest BCUT2D eigenvalue weighted by Gasteiger charge is -2.33. The molecule has 3 heterocycles. The molecule has 7 heteroatoms. The number of piperidine rings is 1. The van der Waals surface area contributed by atoms with E-state index in [1.54, 1.807) is 0 Å². The van der Waals surface area contributed by atoms with Gasteiger partial charge in [-0.3, -0.25) is 14.7 Å². The topological polar surface area (TPSA) is 64.1 Å². The van der Waals surface area contributed by atoms with Gasteiger partial charge in [0.1, 0.15) is 5.75 Å². The van der Waals surface area contributed by atoms with Gasteiger partial charge in [0.05, 0.1) is 18.5 Å². The van der Waals surface area contributed by atoms with Gasteiger partial charge in [-0.2, -0.15) is 0 Å². The van der Waals surface area contributed by atoms with Crippen LogP contribution in [0, 0.1) is 5.92 Å². The Hall–Kier alpha value is -4.10. The SMILES string of the molecule is CN(Cc1cccc(OCC2CCCN(C(=O)Cc3ccc4c(c3)OCO4)C2)c1)Cc1ccc2ncccc2c1. The fourth-order valence-corrected chi connectivity index (χ4v) is 5.62. The molecule has 0 spiro atoms. The van der Waals surface area contributed by atoms with E-state index in [0.717, 1.165) is 67.3 Å². The molecule has 1 amide bonds. The van der Waals surface area contributed by atoms with E-state index in [4.69, 9.17) is 14.2 Å². The molecule has 1 atom stereocenters. The Bertz CT molecular complexity index is 1490. The van der Waals surface area contributed by atoms with E-state index in [-0.39, 0.29) is 12.7 Å². The molecule has 0 bridgehead atoms. The number of aromatic nitrogens is 1. The van der Waals surface area contributed by atoms with Crippen molar-refractivity contribution < 1.29 is 19.0 Å². The predicted octanol–water partition coefficient (Wildman–Crippen LogP) is 5.46. The number of hydrogen-bond donors (Lipinski definition) is 0. The number of ether oxygens (including phenoxy) is 3. The van der Waals surface area contributed by atoms with Gasteiger partial charge in [-0.05, 0) is 79.0 Å². The summed E-state index contributed by atoms with van der Waals surface area (Å²) >= 11 is 0. The van der Waals surface area contributed by atoms with Crippen LogP contribution in [0.25, 0.3) is 10.9 Å². The molecule has 3 aromatic carbocycles. The zero-order chi connectivity index (χ0) is 27.3. The van der Waals surface area contributed by atoms with E-state index in [1.807, 2.05) is 41.4 Å². The lowest BCUT2D eigenvalue weighted by molar-refractivity contribution is -0.132. The summed E-state index contributed by atoms with van der Waals surface area (Å²) < 4.78 is 17.1. The van der Waals surface area contributed by atoms with Crippen molar-refractivity contribution in [3.8, 4) is 17.2 Å². The minimum absolute atomic E-state index is 0.149. The molecule has 206 valence electrons. The van der Waals surface area contributed by atoms with Crippen molar-refractivity contribution in [3.05, 3.63) is 95.7 Å². The van der Waals surface area contributed by atoms with Crippen LogP contribution in [0.2, 0.25) is 0 Å². The van der Waals surface area contributed by atoms with Crippen molar-refractivity contribution in [1.29, 1.82) is 0 Å². The number of fused-ring (bicyclic) bond motifs is 2.